The van der Waals surface area contributed by atoms with Crippen LogP contribution in [0, 0.1) is 11.8 Å². The number of hydrogen-bond acceptors (Lipinski definition) is 3. The molecule has 0 aromatic rings. The average Bonchev–Trinajstić information content (AvgIpc) is 2.98. The zero-order chi connectivity index (χ0) is 12.6. The Labute approximate surface area is 109 Å². The topological polar surface area (TPSA) is 35.5 Å². The van der Waals surface area contributed by atoms with Crippen molar-refractivity contribution >= 4 is 5.78 Å². The number of Topliss-reactive ketones (excluding diaryl/α,β-unsaturated/α-hetero) is 1. The third kappa shape index (κ3) is 2.23. The molecule has 1 saturated carbocycles. The van der Waals surface area contributed by atoms with E-state index in [-0.39, 0.29) is 23.5 Å². The highest BCUT2D eigenvalue weighted by Gasteiger charge is 2.44. The normalized spacial score (nSPS) is 39.3. The molecule has 3 fully saturated rings. The first-order chi connectivity index (χ1) is 8.70. The number of ether oxygens (including phenoxy) is 2. The summed E-state index contributed by atoms with van der Waals surface area (Å²) in [5, 5.41) is 0. The second kappa shape index (κ2) is 4.93. The summed E-state index contributed by atoms with van der Waals surface area (Å²) in [6, 6.07) is 0. The van der Waals surface area contributed by atoms with E-state index >= 15 is 0 Å². The van der Waals surface area contributed by atoms with E-state index in [0.29, 0.717) is 5.78 Å². The van der Waals surface area contributed by atoms with Gasteiger partial charge in [0.25, 0.3) is 0 Å². The van der Waals surface area contributed by atoms with Crippen LogP contribution < -0.4 is 0 Å². The number of rotatable bonds is 2. The zero-order valence-corrected chi connectivity index (χ0v) is 11.3. The van der Waals surface area contributed by atoms with Crippen LogP contribution in [0.4, 0.5) is 0 Å². The predicted molar refractivity (Wildman–Crippen MR) is 68.4 cm³/mol. The zero-order valence-electron chi connectivity index (χ0n) is 11.3. The summed E-state index contributed by atoms with van der Waals surface area (Å²) in [4.78, 5) is 12.6. The van der Waals surface area contributed by atoms with E-state index < -0.39 is 0 Å². The SMILES string of the molecule is CC1OCCC1C(=O)C1CCOC2(CCCC2)C1. The lowest BCUT2D eigenvalue weighted by Gasteiger charge is -2.38. The highest BCUT2D eigenvalue weighted by molar-refractivity contribution is 5.84. The van der Waals surface area contributed by atoms with Crippen LogP contribution in [-0.2, 0) is 14.3 Å². The molecule has 102 valence electrons. The van der Waals surface area contributed by atoms with Crippen LogP contribution >= 0.6 is 0 Å². The minimum Gasteiger partial charge on any atom is -0.378 e. The van der Waals surface area contributed by atoms with Crippen molar-refractivity contribution in [1.29, 1.82) is 0 Å². The van der Waals surface area contributed by atoms with Crippen LogP contribution in [0.25, 0.3) is 0 Å². The van der Waals surface area contributed by atoms with Crippen molar-refractivity contribution in [2.75, 3.05) is 13.2 Å². The van der Waals surface area contributed by atoms with Crippen LogP contribution in [-0.4, -0.2) is 30.7 Å². The molecule has 3 heteroatoms. The van der Waals surface area contributed by atoms with Crippen molar-refractivity contribution < 1.29 is 14.3 Å². The van der Waals surface area contributed by atoms with Crippen LogP contribution in [0.3, 0.4) is 0 Å². The molecule has 3 rings (SSSR count). The van der Waals surface area contributed by atoms with Crippen LogP contribution in [0.15, 0.2) is 0 Å². The van der Waals surface area contributed by atoms with Gasteiger partial charge < -0.3 is 9.47 Å². The Balaban J connectivity index is 1.66. The average molecular weight is 252 g/mol. The van der Waals surface area contributed by atoms with E-state index in [1.807, 2.05) is 6.92 Å². The first kappa shape index (κ1) is 12.6. The Kier molecular flexibility index (Phi) is 3.46. The molecular formula is C15H24O3. The summed E-state index contributed by atoms with van der Waals surface area (Å²) < 4.78 is 11.6. The van der Waals surface area contributed by atoms with Crippen molar-refractivity contribution in [3.05, 3.63) is 0 Å². The van der Waals surface area contributed by atoms with E-state index in [0.717, 1.165) is 45.3 Å². The summed E-state index contributed by atoms with van der Waals surface area (Å²) in [6.07, 6.45) is 7.79. The van der Waals surface area contributed by atoms with Crippen molar-refractivity contribution in [3.8, 4) is 0 Å². The quantitative estimate of drug-likeness (QED) is 0.758. The van der Waals surface area contributed by atoms with Crippen LogP contribution in [0.1, 0.15) is 51.9 Å². The van der Waals surface area contributed by atoms with Gasteiger partial charge in [0.2, 0.25) is 0 Å². The van der Waals surface area contributed by atoms with E-state index in [1.54, 1.807) is 0 Å². The summed E-state index contributed by atoms with van der Waals surface area (Å²) in [5.41, 5.74) is 0.0568. The van der Waals surface area contributed by atoms with Gasteiger partial charge in [-0.3, -0.25) is 4.79 Å². The Bertz CT molecular complexity index is 320. The molecule has 2 heterocycles. The Morgan fingerprint density at radius 2 is 1.94 bits per heavy atom. The largest absolute Gasteiger partial charge is 0.378 e. The molecule has 0 N–H and O–H groups in total. The van der Waals surface area contributed by atoms with E-state index in [1.165, 1.54) is 12.8 Å². The fourth-order valence-corrected chi connectivity index (χ4v) is 4.05. The summed E-state index contributed by atoms with van der Waals surface area (Å²) in [7, 11) is 0. The van der Waals surface area contributed by atoms with Gasteiger partial charge in [-0.25, -0.2) is 0 Å². The highest BCUT2D eigenvalue weighted by Crippen LogP contribution is 2.43. The monoisotopic (exact) mass is 252 g/mol. The molecule has 0 bridgehead atoms. The van der Waals surface area contributed by atoms with Crippen LogP contribution in [0.2, 0.25) is 0 Å². The van der Waals surface area contributed by atoms with Gasteiger partial charge in [-0.1, -0.05) is 12.8 Å². The standard InChI is InChI=1S/C15H24O3/c1-11-13(5-8-17-11)14(16)12-4-9-18-15(10-12)6-2-3-7-15/h11-13H,2-10H2,1H3. The number of carbonyl (C=O) groups is 1. The Morgan fingerprint density at radius 1 is 1.17 bits per heavy atom. The molecule has 3 nitrogen and oxygen atoms in total. The van der Waals surface area contributed by atoms with Gasteiger partial charge in [-0.2, -0.15) is 0 Å². The number of ketones is 1. The van der Waals surface area contributed by atoms with Crippen molar-refractivity contribution in [2.45, 2.75) is 63.6 Å². The molecule has 0 radical (unpaired) electrons. The summed E-state index contributed by atoms with van der Waals surface area (Å²) >= 11 is 0. The summed E-state index contributed by atoms with van der Waals surface area (Å²) in [6.45, 7) is 3.57. The molecule has 2 saturated heterocycles. The molecule has 1 spiro atoms. The maximum absolute atomic E-state index is 12.6. The second-order valence-corrected chi connectivity index (χ2v) is 6.30. The van der Waals surface area contributed by atoms with Crippen molar-refractivity contribution in [1.82, 2.24) is 0 Å². The molecule has 1 aliphatic carbocycles. The predicted octanol–water partition coefficient (Wildman–Crippen LogP) is 2.72. The molecule has 3 unspecified atom stereocenters. The lowest BCUT2D eigenvalue weighted by Crippen LogP contribution is -2.42. The van der Waals surface area contributed by atoms with E-state index in [2.05, 4.69) is 0 Å². The third-order valence-electron chi connectivity index (χ3n) is 5.15. The number of hydrogen-bond donors (Lipinski definition) is 0. The fourth-order valence-electron chi connectivity index (χ4n) is 4.05. The van der Waals surface area contributed by atoms with Crippen LogP contribution in [0.5, 0.6) is 0 Å². The third-order valence-corrected chi connectivity index (χ3v) is 5.15. The first-order valence-electron chi connectivity index (χ1n) is 7.49. The van der Waals surface area contributed by atoms with E-state index in [9.17, 15) is 4.79 Å². The Morgan fingerprint density at radius 3 is 2.61 bits per heavy atom. The van der Waals surface area contributed by atoms with Crippen molar-refractivity contribution in [2.24, 2.45) is 11.8 Å². The summed E-state index contributed by atoms with van der Waals surface area (Å²) in [5.74, 6) is 0.826. The number of carbonyl (C=O) groups excluding carboxylic acids is 1. The molecule has 2 aliphatic heterocycles. The molecule has 18 heavy (non-hydrogen) atoms. The smallest absolute Gasteiger partial charge is 0.141 e. The molecule has 0 amide bonds. The molecule has 0 aromatic heterocycles. The fraction of sp³-hybridized carbons (Fsp3) is 0.933. The molecule has 3 atom stereocenters. The maximum Gasteiger partial charge on any atom is 0.141 e. The molecule has 3 aliphatic rings. The van der Waals surface area contributed by atoms with Gasteiger partial charge in [-0.15, -0.1) is 0 Å². The van der Waals surface area contributed by atoms with Gasteiger partial charge >= 0.3 is 0 Å². The van der Waals surface area contributed by atoms with Gasteiger partial charge in [0.05, 0.1) is 11.7 Å². The minimum atomic E-state index is 0.0568. The van der Waals surface area contributed by atoms with Gasteiger partial charge in [0.1, 0.15) is 5.78 Å². The molecular weight excluding hydrogens is 228 g/mol. The van der Waals surface area contributed by atoms with Crippen molar-refractivity contribution in [3.63, 3.8) is 0 Å². The Hall–Kier alpha value is -0.410. The van der Waals surface area contributed by atoms with E-state index in [4.69, 9.17) is 9.47 Å². The van der Waals surface area contributed by atoms with Gasteiger partial charge in [-0.05, 0) is 39.0 Å². The lowest BCUT2D eigenvalue weighted by atomic mass is 9.78. The first-order valence-corrected chi connectivity index (χ1v) is 7.49. The van der Waals surface area contributed by atoms with Gasteiger partial charge in [0, 0.05) is 25.0 Å². The highest BCUT2D eigenvalue weighted by atomic mass is 16.5. The lowest BCUT2D eigenvalue weighted by molar-refractivity contribution is -0.141. The molecule has 0 aromatic carbocycles. The minimum absolute atomic E-state index is 0.0568. The maximum atomic E-state index is 12.6. The van der Waals surface area contributed by atoms with Gasteiger partial charge in [0.15, 0.2) is 0 Å². The second-order valence-electron chi connectivity index (χ2n) is 6.30.